The fourth-order valence-electron chi connectivity index (χ4n) is 3.82. The molecule has 7 heteroatoms. The number of carbonyl (C=O) groups excluding carboxylic acids is 2. The van der Waals surface area contributed by atoms with Gasteiger partial charge in [-0.3, -0.25) is 4.79 Å². The molecule has 1 aliphatic heterocycles. The number of allylic oxidation sites excluding steroid dienone is 2. The number of amides is 1. The van der Waals surface area contributed by atoms with Crippen molar-refractivity contribution < 1.29 is 29.3 Å². The molecule has 0 aliphatic carbocycles. The van der Waals surface area contributed by atoms with Gasteiger partial charge in [-0.1, -0.05) is 50.7 Å². The Labute approximate surface area is 200 Å². The van der Waals surface area contributed by atoms with Gasteiger partial charge in [-0.25, -0.2) is 4.79 Å². The Morgan fingerprint density at radius 3 is 2.30 bits per heavy atom. The first-order valence-corrected chi connectivity index (χ1v) is 13.0. The lowest BCUT2D eigenvalue weighted by atomic mass is 10.1. The van der Waals surface area contributed by atoms with Gasteiger partial charge in [-0.15, -0.1) is 0 Å². The summed E-state index contributed by atoms with van der Waals surface area (Å²) in [6.45, 7) is 2.74. The van der Waals surface area contributed by atoms with Gasteiger partial charge in [0.05, 0.1) is 12.2 Å². The predicted octanol–water partition coefficient (Wildman–Crippen LogP) is 4.19. The molecule has 192 valence electrons. The van der Waals surface area contributed by atoms with Crippen LogP contribution >= 0.6 is 0 Å². The van der Waals surface area contributed by atoms with Gasteiger partial charge in [-0.2, -0.15) is 0 Å². The van der Waals surface area contributed by atoms with Crippen LogP contribution in [0.2, 0.25) is 0 Å². The number of aliphatic hydroxyl groups is 2. The summed E-state index contributed by atoms with van der Waals surface area (Å²) < 4.78 is 10.8. The van der Waals surface area contributed by atoms with Crippen molar-refractivity contribution in [3.8, 4) is 0 Å². The number of hydrogen-bond donors (Lipinski definition) is 3. The van der Waals surface area contributed by atoms with E-state index in [-0.39, 0.29) is 24.7 Å². The molecule has 1 aliphatic rings. The van der Waals surface area contributed by atoms with E-state index in [1.807, 2.05) is 6.92 Å². The highest BCUT2D eigenvalue weighted by Crippen LogP contribution is 2.11. The highest BCUT2D eigenvalue weighted by molar-refractivity contribution is 5.88. The zero-order valence-electron chi connectivity index (χ0n) is 20.6. The molecule has 1 amide bonds. The Kier molecular flexibility index (Phi) is 17.9. The predicted molar refractivity (Wildman–Crippen MR) is 130 cm³/mol. The third-order valence-electron chi connectivity index (χ3n) is 5.95. The number of unbranched alkanes of at least 4 members (excludes halogenated alkanes) is 9. The maximum absolute atomic E-state index is 11.8. The average Bonchev–Trinajstić information content (AvgIpc) is 3.24. The minimum absolute atomic E-state index is 0.112. The lowest BCUT2D eigenvalue weighted by Gasteiger charge is -2.17. The second-order valence-corrected chi connectivity index (χ2v) is 9.16. The van der Waals surface area contributed by atoms with Gasteiger partial charge in [0, 0.05) is 19.6 Å². The van der Waals surface area contributed by atoms with Crippen molar-refractivity contribution in [3.63, 3.8) is 0 Å². The monoisotopic (exact) mass is 469 g/mol. The van der Waals surface area contributed by atoms with E-state index in [0.29, 0.717) is 32.5 Å². The van der Waals surface area contributed by atoms with Crippen LogP contribution in [0, 0.1) is 0 Å². The van der Waals surface area contributed by atoms with Gasteiger partial charge in [0.25, 0.3) is 0 Å². The molecule has 3 N–H and O–H groups in total. The normalized spacial score (nSPS) is 17.9. The minimum Gasteiger partial charge on any atom is -0.461 e. The summed E-state index contributed by atoms with van der Waals surface area (Å²) in [4.78, 5) is 23.0. The van der Waals surface area contributed by atoms with Crippen LogP contribution in [-0.2, 0) is 19.1 Å². The third kappa shape index (κ3) is 16.8. The molecule has 1 rings (SSSR count). The number of ether oxygens (including phenoxy) is 2. The van der Waals surface area contributed by atoms with Crippen LogP contribution in [0.3, 0.4) is 0 Å². The average molecular weight is 470 g/mol. The molecular weight excluding hydrogens is 422 g/mol. The van der Waals surface area contributed by atoms with Gasteiger partial charge < -0.3 is 25.0 Å². The molecule has 2 unspecified atom stereocenters. The standard InChI is InChI=1S/C26H47NO6/c1-22(21-33-26(31)24-16-17-25(30)27-24)32-20-18-23(29)15-13-11-9-7-5-3-2-4-6-8-10-12-14-19-28/h3,5,22-24,28-29H,2,4,6-21H2,1H3,(H,27,30)/b5-3-/t22?,23?,24-/m0/s1. The van der Waals surface area contributed by atoms with Crippen molar-refractivity contribution >= 4 is 11.9 Å². The van der Waals surface area contributed by atoms with Crippen LogP contribution in [0.25, 0.3) is 0 Å². The molecule has 3 atom stereocenters. The molecule has 0 aromatic heterocycles. The van der Waals surface area contributed by atoms with Crippen molar-refractivity contribution in [2.45, 2.75) is 121 Å². The molecule has 1 saturated heterocycles. The largest absolute Gasteiger partial charge is 0.461 e. The van der Waals surface area contributed by atoms with E-state index in [0.717, 1.165) is 51.4 Å². The van der Waals surface area contributed by atoms with Gasteiger partial charge >= 0.3 is 5.97 Å². The van der Waals surface area contributed by atoms with Crippen molar-refractivity contribution in [1.29, 1.82) is 0 Å². The second kappa shape index (κ2) is 20.0. The first kappa shape index (κ1) is 29.6. The molecule has 0 aromatic carbocycles. The van der Waals surface area contributed by atoms with E-state index >= 15 is 0 Å². The Balaban J connectivity index is 1.87. The number of esters is 1. The number of aliphatic hydroxyl groups excluding tert-OH is 2. The van der Waals surface area contributed by atoms with E-state index in [9.17, 15) is 14.7 Å². The van der Waals surface area contributed by atoms with Crippen LogP contribution in [0.4, 0.5) is 0 Å². The second-order valence-electron chi connectivity index (χ2n) is 9.16. The smallest absolute Gasteiger partial charge is 0.328 e. The Morgan fingerprint density at radius 1 is 1.03 bits per heavy atom. The molecule has 1 fully saturated rings. The Hall–Kier alpha value is -1.44. The van der Waals surface area contributed by atoms with Crippen LogP contribution in [0.5, 0.6) is 0 Å². The number of carbonyl (C=O) groups is 2. The van der Waals surface area contributed by atoms with E-state index in [4.69, 9.17) is 14.6 Å². The van der Waals surface area contributed by atoms with Gasteiger partial charge in [0.1, 0.15) is 12.6 Å². The first-order chi connectivity index (χ1) is 16.0. The third-order valence-corrected chi connectivity index (χ3v) is 5.95. The van der Waals surface area contributed by atoms with Crippen molar-refractivity contribution in [2.75, 3.05) is 19.8 Å². The van der Waals surface area contributed by atoms with E-state index in [1.165, 1.54) is 25.7 Å². The maximum Gasteiger partial charge on any atom is 0.328 e. The highest BCUT2D eigenvalue weighted by Gasteiger charge is 2.28. The Bertz CT molecular complexity index is 539. The molecule has 33 heavy (non-hydrogen) atoms. The van der Waals surface area contributed by atoms with Crippen molar-refractivity contribution in [2.24, 2.45) is 0 Å². The lowest BCUT2D eigenvalue weighted by molar-refractivity contribution is -0.150. The SMILES string of the molecule is CC(COC(=O)[C@@H]1CCC(=O)N1)OCCC(O)CCCCC/C=C\CCCCCCCCO. The summed E-state index contributed by atoms with van der Waals surface area (Å²) in [6.07, 6.45) is 18.9. The molecular formula is C26H47NO6. The topological polar surface area (TPSA) is 105 Å². The van der Waals surface area contributed by atoms with Crippen molar-refractivity contribution in [1.82, 2.24) is 5.32 Å². The summed E-state index contributed by atoms with van der Waals surface area (Å²) in [7, 11) is 0. The summed E-state index contributed by atoms with van der Waals surface area (Å²) in [5.74, 6) is -0.518. The molecule has 0 radical (unpaired) electrons. The molecule has 7 nitrogen and oxygen atoms in total. The summed E-state index contributed by atoms with van der Waals surface area (Å²) >= 11 is 0. The summed E-state index contributed by atoms with van der Waals surface area (Å²) in [6, 6.07) is -0.528. The quantitative estimate of drug-likeness (QED) is 0.132. The fourth-order valence-corrected chi connectivity index (χ4v) is 3.82. The molecule has 1 heterocycles. The zero-order valence-corrected chi connectivity index (χ0v) is 20.6. The van der Waals surface area contributed by atoms with Crippen LogP contribution in [0.1, 0.15) is 103 Å². The summed E-state index contributed by atoms with van der Waals surface area (Å²) in [5.41, 5.74) is 0. The minimum atomic E-state index is -0.528. The number of rotatable bonds is 21. The fraction of sp³-hybridized carbons (Fsp3) is 0.846. The zero-order chi connectivity index (χ0) is 24.2. The van der Waals surface area contributed by atoms with Crippen molar-refractivity contribution in [3.05, 3.63) is 12.2 Å². The lowest BCUT2D eigenvalue weighted by Crippen LogP contribution is -2.36. The van der Waals surface area contributed by atoms with Crippen LogP contribution in [-0.4, -0.2) is 60.2 Å². The van der Waals surface area contributed by atoms with Gasteiger partial charge in [0.15, 0.2) is 0 Å². The molecule has 0 spiro atoms. The number of hydrogen-bond acceptors (Lipinski definition) is 6. The van der Waals surface area contributed by atoms with E-state index < -0.39 is 12.0 Å². The van der Waals surface area contributed by atoms with Gasteiger partial charge in [-0.05, 0) is 58.3 Å². The van der Waals surface area contributed by atoms with E-state index in [2.05, 4.69) is 17.5 Å². The Morgan fingerprint density at radius 2 is 1.67 bits per heavy atom. The van der Waals surface area contributed by atoms with Crippen LogP contribution < -0.4 is 5.32 Å². The number of nitrogens with one attached hydrogen (secondary N) is 1. The van der Waals surface area contributed by atoms with Crippen LogP contribution in [0.15, 0.2) is 12.2 Å². The summed E-state index contributed by atoms with van der Waals surface area (Å²) in [5, 5.41) is 21.4. The van der Waals surface area contributed by atoms with E-state index in [1.54, 1.807) is 0 Å². The molecule has 0 saturated carbocycles. The highest BCUT2D eigenvalue weighted by atomic mass is 16.6. The molecule has 0 aromatic rings. The van der Waals surface area contributed by atoms with Gasteiger partial charge in [0.2, 0.25) is 5.91 Å². The molecule has 0 bridgehead atoms. The maximum atomic E-state index is 11.8. The first-order valence-electron chi connectivity index (χ1n) is 13.0.